The molecule has 2 fully saturated rings. The summed E-state index contributed by atoms with van der Waals surface area (Å²) in [4.78, 5) is 48.5. The number of rotatable bonds is 10. The van der Waals surface area contributed by atoms with Gasteiger partial charge >= 0.3 is 5.97 Å². The van der Waals surface area contributed by atoms with Crippen molar-refractivity contribution in [3.8, 4) is 0 Å². The maximum Gasteiger partial charge on any atom is 0.313 e. The number of nitrogens with one attached hydrogen (secondary N) is 1. The summed E-state index contributed by atoms with van der Waals surface area (Å²) in [6, 6.07) is -0.826. The van der Waals surface area contributed by atoms with Crippen LogP contribution in [0.25, 0.3) is 0 Å². The van der Waals surface area contributed by atoms with Crippen LogP contribution >= 0.6 is 46.4 Å². The number of amides is 2. The Morgan fingerprint density at radius 2 is 2.32 bits per heavy atom. The zero-order valence-electron chi connectivity index (χ0n) is 17.7. The molecule has 0 aliphatic carbocycles. The van der Waals surface area contributed by atoms with E-state index in [2.05, 4.69) is 30.0 Å². The number of nitrogen functional groups attached to an aromatic ring is 1. The SMILES string of the molecule is CCCON=C(C(=O)NC1C(=O)N2CC(CSc3nncs3)(C(=O)O)CS[C@H]12)c1nsc(N)n1. The van der Waals surface area contributed by atoms with E-state index in [0.717, 1.165) is 11.5 Å². The number of carbonyl (C=O) groups excluding carboxylic acids is 2. The van der Waals surface area contributed by atoms with Gasteiger partial charge in [-0.3, -0.25) is 14.4 Å². The van der Waals surface area contributed by atoms with Crippen LogP contribution in [0.3, 0.4) is 0 Å². The van der Waals surface area contributed by atoms with Crippen LogP contribution in [0.4, 0.5) is 5.13 Å². The number of carbonyl (C=O) groups is 3. The lowest BCUT2D eigenvalue weighted by atomic mass is 9.89. The Labute approximate surface area is 210 Å². The molecule has 0 saturated carbocycles. The third-order valence-electron chi connectivity index (χ3n) is 5.02. The van der Waals surface area contributed by atoms with Gasteiger partial charge in [0.1, 0.15) is 28.9 Å². The van der Waals surface area contributed by atoms with Crippen molar-refractivity contribution in [2.24, 2.45) is 10.6 Å². The van der Waals surface area contributed by atoms with E-state index in [1.165, 1.54) is 39.8 Å². The van der Waals surface area contributed by atoms with Crippen molar-refractivity contribution >= 4 is 75.0 Å². The predicted octanol–water partition coefficient (Wildman–Crippen LogP) is 0.366. The first kappa shape index (κ1) is 24.6. The summed E-state index contributed by atoms with van der Waals surface area (Å²) in [5.74, 6) is -1.48. The first-order valence-corrected chi connectivity index (χ1v) is 13.7. The lowest BCUT2D eigenvalue weighted by Crippen LogP contribution is -2.74. The molecular formula is C17H20N8O5S4. The summed E-state index contributed by atoms with van der Waals surface area (Å²) in [6.07, 6.45) is 0.683. The normalized spacial score (nSPS) is 24.3. The first-order chi connectivity index (χ1) is 16.3. The Morgan fingerprint density at radius 1 is 1.50 bits per heavy atom. The molecule has 34 heavy (non-hydrogen) atoms. The number of β-lactam (4-membered cyclic amide) rings is 1. The highest BCUT2D eigenvalue weighted by molar-refractivity contribution is 8.01. The molecule has 2 aliphatic heterocycles. The predicted molar refractivity (Wildman–Crippen MR) is 128 cm³/mol. The molecule has 2 aromatic rings. The second-order valence-electron chi connectivity index (χ2n) is 7.43. The zero-order valence-corrected chi connectivity index (χ0v) is 21.0. The summed E-state index contributed by atoms with van der Waals surface area (Å²) in [6.45, 7) is 2.22. The molecular weight excluding hydrogens is 525 g/mol. The summed E-state index contributed by atoms with van der Waals surface area (Å²) >= 11 is 4.86. The Morgan fingerprint density at radius 3 is 2.97 bits per heavy atom. The van der Waals surface area contributed by atoms with E-state index in [1.807, 2.05) is 6.92 Å². The molecule has 0 spiro atoms. The maximum atomic E-state index is 12.9. The molecule has 4 heterocycles. The topological polar surface area (TPSA) is 186 Å². The van der Waals surface area contributed by atoms with Gasteiger partial charge in [-0.2, -0.15) is 9.36 Å². The number of fused-ring (bicyclic) bond motifs is 1. The van der Waals surface area contributed by atoms with Gasteiger partial charge in [-0.15, -0.1) is 22.0 Å². The van der Waals surface area contributed by atoms with Crippen molar-refractivity contribution in [1.82, 2.24) is 29.8 Å². The minimum Gasteiger partial charge on any atom is -0.481 e. The summed E-state index contributed by atoms with van der Waals surface area (Å²) in [7, 11) is 0. The van der Waals surface area contributed by atoms with Gasteiger partial charge in [0.25, 0.3) is 5.91 Å². The molecule has 4 N–H and O–H groups in total. The van der Waals surface area contributed by atoms with Gasteiger partial charge in [-0.05, 0) is 6.42 Å². The third kappa shape index (κ3) is 4.96. The Balaban J connectivity index is 1.42. The van der Waals surface area contributed by atoms with Crippen LogP contribution in [0.15, 0.2) is 15.0 Å². The van der Waals surface area contributed by atoms with Crippen LogP contribution in [0.5, 0.6) is 0 Å². The van der Waals surface area contributed by atoms with Crippen LogP contribution in [0.2, 0.25) is 0 Å². The van der Waals surface area contributed by atoms with Gasteiger partial charge in [0.05, 0.1) is 0 Å². The van der Waals surface area contributed by atoms with Crippen LogP contribution in [-0.2, 0) is 19.2 Å². The van der Waals surface area contributed by atoms with Gasteiger partial charge in [-0.25, -0.2) is 0 Å². The minimum atomic E-state index is -1.13. The largest absolute Gasteiger partial charge is 0.481 e. The summed E-state index contributed by atoms with van der Waals surface area (Å²) < 4.78 is 4.67. The van der Waals surface area contributed by atoms with Gasteiger partial charge in [0.2, 0.25) is 17.4 Å². The first-order valence-electron chi connectivity index (χ1n) is 9.99. The van der Waals surface area contributed by atoms with E-state index in [4.69, 9.17) is 10.6 Å². The molecule has 2 amide bonds. The van der Waals surface area contributed by atoms with E-state index in [1.54, 1.807) is 5.51 Å². The van der Waals surface area contributed by atoms with Gasteiger partial charge in [0, 0.05) is 29.6 Å². The lowest BCUT2D eigenvalue weighted by molar-refractivity contribution is -0.157. The van der Waals surface area contributed by atoms with Gasteiger partial charge in [0.15, 0.2) is 9.47 Å². The van der Waals surface area contributed by atoms with Crippen LogP contribution < -0.4 is 11.1 Å². The molecule has 2 aromatic heterocycles. The lowest BCUT2D eigenvalue weighted by Gasteiger charge is -2.53. The molecule has 3 atom stereocenters. The van der Waals surface area contributed by atoms with E-state index in [0.29, 0.717) is 10.8 Å². The second-order valence-corrected chi connectivity index (χ2v) is 11.4. The minimum absolute atomic E-state index is 0.00891. The number of oxime groups is 1. The van der Waals surface area contributed by atoms with Crippen LogP contribution in [0, 0.1) is 5.41 Å². The maximum absolute atomic E-state index is 12.9. The highest BCUT2D eigenvalue weighted by Crippen LogP contribution is 2.44. The average molecular weight is 545 g/mol. The number of aliphatic carboxylic acids is 1. The molecule has 0 radical (unpaired) electrons. The highest BCUT2D eigenvalue weighted by atomic mass is 32.2. The van der Waals surface area contributed by atoms with E-state index < -0.39 is 23.3 Å². The fourth-order valence-corrected chi connectivity index (χ4v) is 7.04. The van der Waals surface area contributed by atoms with Crippen molar-refractivity contribution in [1.29, 1.82) is 0 Å². The van der Waals surface area contributed by atoms with Gasteiger partial charge in [-0.1, -0.05) is 35.2 Å². The molecule has 0 aromatic carbocycles. The van der Waals surface area contributed by atoms with Crippen molar-refractivity contribution in [3.63, 3.8) is 0 Å². The van der Waals surface area contributed by atoms with E-state index in [9.17, 15) is 19.5 Å². The van der Waals surface area contributed by atoms with E-state index >= 15 is 0 Å². The average Bonchev–Trinajstić information content (AvgIpc) is 3.50. The van der Waals surface area contributed by atoms with E-state index in [-0.39, 0.29) is 52.6 Å². The van der Waals surface area contributed by atoms with Gasteiger partial charge < -0.3 is 25.9 Å². The molecule has 2 saturated heterocycles. The van der Waals surface area contributed by atoms with Crippen molar-refractivity contribution in [2.45, 2.75) is 29.1 Å². The number of hydrogen-bond acceptors (Lipinski definition) is 14. The molecule has 4 rings (SSSR count). The van der Waals surface area contributed by atoms with Crippen molar-refractivity contribution < 1.29 is 24.3 Å². The standard InChI is InChI=1S/C17H20N8O5S4/c1-2-3-30-23-8(10-21-15(18)34-24-10)11(26)20-9-12(27)25-4-17(14(28)29,5-31-13(9)25)6-32-16-22-19-7-33-16/h7,9,13H,2-6H2,1H3,(H,20,26)(H,28,29)(H2,18,21,24)/t9?,13-,17?/m1/s1. The van der Waals surface area contributed by atoms with Crippen LogP contribution in [0.1, 0.15) is 19.2 Å². The fourth-order valence-electron chi connectivity index (χ4n) is 3.26. The number of carboxylic acids is 1. The molecule has 0 bridgehead atoms. The van der Waals surface area contributed by atoms with Crippen molar-refractivity contribution in [2.75, 3.05) is 30.4 Å². The zero-order chi connectivity index (χ0) is 24.3. The number of carboxylic acid groups (broad SMARTS) is 1. The summed E-state index contributed by atoms with van der Waals surface area (Å²) in [5, 5.41) is 23.9. The molecule has 2 aliphatic rings. The number of anilines is 1. The number of hydrogen-bond donors (Lipinski definition) is 3. The van der Waals surface area contributed by atoms with Crippen molar-refractivity contribution in [3.05, 3.63) is 11.3 Å². The Hall–Kier alpha value is -2.50. The molecule has 17 heteroatoms. The molecule has 13 nitrogen and oxygen atoms in total. The second kappa shape index (κ2) is 10.4. The fraction of sp³-hybridized carbons (Fsp3) is 0.529. The Bertz CT molecular complexity index is 1100. The quantitative estimate of drug-likeness (QED) is 0.123. The number of nitrogens with zero attached hydrogens (tertiary/aromatic N) is 6. The Kier molecular flexibility index (Phi) is 7.54. The smallest absolute Gasteiger partial charge is 0.313 e. The number of aromatic nitrogens is 4. The van der Waals surface area contributed by atoms with Crippen LogP contribution in [-0.4, -0.2) is 89.1 Å². The molecule has 182 valence electrons. The monoisotopic (exact) mass is 544 g/mol. The number of nitrogens with two attached hydrogens (primary N) is 1. The number of thioether (sulfide) groups is 2. The highest BCUT2D eigenvalue weighted by Gasteiger charge is 2.57. The third-order valence-corrected chi connectivity index (χ3v) is 9.30. The molecule has 2 unspecified atom stereocenters. The summed E-state index contributed by atoms with van der Waals surface area (Å²) in [5.41, 5.74) is 5.89.